The van der Waals surface area contributed by atoms with Crippen LogP contribution in [0, 0.1) is 10.1 Å². The first-order chi connectivity index (χ1) is 14.0. The highest BCUT2D eigenvalue weighted by molar-refractivity contribution is 6.32. The van der Waals surface area contributed by atoms with E-state index in [4.69, 9.17) is 21.1 Å². The highest BCUT2D eigenvalue weighted by Crippen LogP contribution is 2.37. The number of nitrogens with zero attached hydrogens (tertiary/aromatic N) is 1. The van der Waals surface area contributed by atoms with Crippen molar-refractivity contribution in [3.63, 3.8) is 0 Å². The number of nitrogens with one attached hydrogen (secondary N) is 1. The summed E-state index contributed by atoms with van der Waals surface area (Å²) in [5.41, 5.74) is 1.36. The second-order valence-corrected chi connectivity index (χ2v) is 6.43. The average molecular weight is 413 g/mol. The van der Waals surface area contributed by atoms with Gasteiger partial charge in [-0.3, -0.25) is 14.9 Å². The molecule has 0 bridgehead atoms. The molecule has 0 saturated carbocycles. The molecule has 7 nitrogen and oxygen atoms in total. The van der Waals surface area contributed by atoms with Crippen molar-refractivity contribution >= 4 is 28.9 Å². The van der Waals surface area contributed by atoms with Gasteiger partial charge in [-0.15, -0.1) is 0 Å². The van der Waals surface area contributed by atoms with Crippen molar-refractivity contribution in [2.24, 2.45) is 0 Å². The number of anilines is 1. The molecular formula is C21H17ClN2O5. The Bertz CT molecular complexity index is 1040. The summed E-state index contributed by atoms with van der Waals surface area (Å²) in [6, 6.07) is 18.2. The molecule has 29 heavy (non-hydrogen) atoms. The number of carbonyl (C=O) groups is 1. The molecule has 0 unspecified atom stereocenters. The van der Waals surface area contributed by atoms with Crippen LogP contribution in [0.1, 0.15) is 15.9 Å². The summed E-state index contributed by atoms with van der Waals surface area (Å²) in [5.74, 6) is 0.142. The second-order valence-electron chi connectivity index (χ2n) is 6.03. The molecule has 3 aromatic rings. The number of hydrogen-bond acceptors (Lipinski definition) is 5. The maximum absolute atomic E-state index is 12.6. The fourth-order valence-electron chi connectivity index (χ4n) is 2.62. The van der Waals surface area contributed by atoms with Gasteiger partial charge in [-0.05, 0) is 23.8 Å². The molecule has 0 fully saturated rings. The molecule has 0 atom stereocenters. The van der Waals surface area contributed by atoms with Crippen LogP contribution in [0.5, 0.6) is 11.5 Å². The summed E-state index contributed by atoms with van der Waals surface area (Å²) in [7, 11) is 1.45. The maximum atomic E-state index is 12.6. The lowest BCUT2D eigenvalue weighted by atomic mass is 10.1. The molecule has 148 valence electrons. The maximum Gasteiger partial charge on any atom is 0.271 e. The third-order valence-corrected chi connectivity index (χ3v) is 4.31. The zero-order valence-corrected chi connectivity index (χ0v) is 16.2. The molecule has 0 spiro atoms. The molecular weight excluding hydrogens is 396 g/mol. The fraction of sp³-hybridized carbons (Fsp3) is 0.0952. The van der Waals surface area contributed by atoms with Crippen LogP contribution < -0.4 is 14.8 Å². The van der Waals surface area contributed by atoms with E-state index in [1.54, 1.807) is 6.07 Å². The summed E-state index contributed by atoms with van der Waals surface area (Å²) in [5, 5.41) is 13.7. The van der Waals surface area contributed by atoms with E-state index in [1.165, 1.54) is 37.4 Å². The Balaban J connectivity index is 1.79. The largest absolute Gasteiger partial charge is 0.493 e. The van der Waals surface area contributed by atoms with Crippen LogP contribution in [0.15, 0.2) is 66.7 Å². The van der Waals surface area contributed by atoms with Crippen LogP contribution in [-0.2, 0) is 6.61 Å². The summed E-state index contributed by atoms with van der Waals surface area (Å²) in [6.45, 7) is 0.288. The number of benzene rings is 3. The topological polar surface area (TPSA) is 90.7 Å². The number of nitro benzene ring substituents is 1. The SMILES string of the molecule is COc1cc(C(=O)Nc2cccc([N+](=O)[O-])c2)cc(Cl)c1OCc1ccccc1. The van der Waals surface area contributed by atoms with Crippen molar-refractivity contribution < 1.29 is 19.2 Å². The summed E-state index contributed by atoms with van der Waals surface area (Å²) >= 11 is 6.32. The molecule has 0 radical (unpaired) electrons. The molecule has 0 aliphatic rings. The van der Waals surface area contributed by atoms with Crippen molar-refractivity contribution in [1.82, 2.24) is 0 Å². The second kappa shape index (κ2) is 9.07. The van der Waals surface area contributed by atoms with E-state index in [9.17, 15) is 14.9 Å². The van der Waals surface area contributed by atoms with E-state index >= 15 is 0 Å². The van der Waals surface area contributed by atoms with Gasteiger partial charge in [0.1, 0.15) is 6.61 Å². The summed E-state index contributed by atoms with van der Waals surface area (Å²) in [4.78, 5) is 22.9. The van der Waals surface area contributed by atoms with Crippen LogP contribution in [0.2, 0.25) is 5.02 Å². The molecule has 1 N–H and O–H groups in total. The minimum Gasteiger partial charge on any atom is -0.493 e. The lowest BCUT2D eigenvalue weighted by Crippen LogP contribution is -2.12. The van der Waals surface area contributed by atoms with Crippen molar-refractivity contribution in [2.45, 2.75) is 6.61 Å². The first kappa shape index (κ1) is 20.2. The van der Waals surface area contributed by atoms with Gasteiger partial charge in [0.05, 0.1) is 17.1 Å². The fourth-order valence-corrected chi connectivity index (χ4v) is 2.89. The van der Waals surface area contributed by atoms with Crippen LogP contribution in [0.25, 0.3) is 0 Å². The lowest BCUT2D eigenvalue weighted by Gasteiger charge is -2.14. The Morgan fingerprint density at radius 2 is 1.86 bits per heavy atom. The number of methoxy groups -OCH3 is 1. The summed E-state index contributed by atoms with van der Waals surface area (Å²) < 4.78 is 11.1. The minimum atomic E-state index is -0.533. The third-order valence-electron chi connectivity index (χ3n) is 4.03. The van der Waals surface area contributed by atoms with Crippen molar-refractivity contribution in [2.75, 3.05) is 12.4 Å². The standard InChI is InChI=1S/C21H17ClN2O5/c1-28-19-11-15(21(25)23-16-8-5-9-17(12-16)24(26)27)10-18(22)20(19)29-13-14-6-3-2-4-7-14/h2-12H,13H2,1H3,(H,23,25). The van der Waals surface area contributed by atoms with Gasteiger partial charge < -0.3 is 14.8 Å². The van der Waals surface area contributed by atoms with Gasteiger partial charge in [0.25, 0.3) is 11.6 Å². The van der Waals surface area contributed by atoms with Crippen LogP contribution in [0.3, 0.4) is 0 Å². The van der Waals surface area contributed by atoms with Gasteiger partial charge in [-0.2, -0.15) is 0 Å². The van der Waals surface area contributed by atoms with Gasteiger partial charge in [-0.25, -0.2) is 0 Å². The smallest absolute Gasteiger partial charge is 0.271 e. The van der Waals surface area contributed by atoms with E-state index in [0.29, 0.717) is 17.2 Å². The van der Waals surface area contributed by atoms with Crippen LogP contribution in [-0.4, -0.2) is 17.9 Å². The number of halogens is 1. The average Bonchev–Trinajstić information content (AvgIpc) is 2.73. The highest BCUT2D eigenvalue weighted by Gasteiger charge is 2.17. The number of carbonyl (C=O) groups excluding carboxylic acids is 1. The molecule has 0 aromatic heterocycles. The molecule has 8 heteroatoms. The Hall–Kier alpha value is -3.58. The van der Waals surface area contributed by atoms with E-state index < -0.39 is 10.8 Å². The quantitative estimate of drug-likeness (QED) is 0.431. The summed E-state index contributed by atoms with van der Waals surface area (Å²) in [6.07, 6.45) is 0. The minimum absolute atomic E-state index is 0.122. The van der Waals surface area contributed by atoms with E-state index in [0.717, 1.165) is 5.56 Å². The number of non-ortho nitro benzene ring substituents is 1. The predicted molar refractivity (Wildman–Crippen MR) is 110 cm³/mol. The molecule has 0 saturated heterocycles. The van der Waals surface area contributed by atoms with Crippen LogP contribution in [0.4, 0.5) is 11.4 Å². The third kappa shape index (κ3) is 5.03. The first-order valence-electron chi connectivity index (χ1n) is 8.58. The Kier molecular flexibility index (Phi) is 6.31. The number of ether oxygens (including phenoxy) is 2. The van der Waals surface area contributed by atoms with Gasteiger partial charge in [0.15, 0.2) is 11.5 Å². The van der Waals surface area contributed by atoms with Crippen LogP contribution >= 0.6 is 11.6 Å². The number of hydrogen-bond donors (Lipinski definition) is 1. The van der Waals surface area contributed by atoms with E-state index in [1.807, 2.05) is 30.3 Å². The lowest BCUT2D eigenvalue weighted by molar-refractivity contribution is -0.384. The highest BCUT2D eigenvalue weighted by atomic mass is 35.5. The molecule has 0 aliphatic carbocycles. The zero-order valence-electron chi connectivity index (χ0n) is 15.4. The van der Waals surface area contributed by atoms with Crippen molar-refractivity contribution in [3.05, 3.63) is 93.0 Å². The molecule has 0 heterocycles. The molecule has 3 aromatic carbocycles. The van der Waals surface area contributed by atoms with Crippen molar-refractivity contribution in [3.8, 4) is 11.5 Å². The Morgan fingerprint density at radius 3 is 2.55 bits per heavy atom. The van der Waals surface area contributed by atoms with Gasteiger partial charge in [-0.1, -0.05) is 48.0 Å². The van der Waals surface area contributed by atoms with E-state index in [-0.39, 0.29) is 22.9 Å². The zero-order chi connectivity index (χ0) is 20.8. The Labute approximate surface area is 172 Å². The van der Waals surface area contributed by atoms with E-state index in [2.05, 4.69) is 5.32 Å². The predicted octanol–water partition coefficient (Wildman–Crippen LogP) is 5.09. The normalized spacial score (nSPS) is 10.3. The van der Waals surface area contributed by atoms with Gasteiger partial charge in [0.2, 0.25) is 0 Å². The molecule has 3 rings (SSSR count). The monoisotopic (exact) mass is 412 g/mol. The Morgan fingerprint density at radius 1 is 1.10 bits per heavy atom. The number of amides is 1. The van der Waals surface area contributed by atoms with Gasteiger partial charge >= 0.3 is 0 Å². The van der Waals surface area contributed by atoms with Crippen molar-refractivity contribution in [1.29, 1.82) is 0 Å². The molecule has 0 aliphatic heterocycles. The van der Waals surface area contributed by atoms with Gasteiger partial charge in [0, 0.05) is 23.4 Å². The number of rotatable bonds is 7. The molecule has 1 amide bonds. The first-order valence-corrected chi connectivity index (χ1v) is 8.96. The number of nitro groups is 1.